The van der Waals surface area contributed by atoms with E-state index >= 15 is 0 Å². The van der Waals surface area contributed by atoms with Gasteiger partial charge in [-0.15, -0.1) is 0 Å². The number of hydrogen-bond acceptors (Lipinski definition) is 3. The van der Waals surface area contributed by atoms with Crippen molar-refractivity contribution >= 4 is 27.0 Å². The number of halogens is 1. The summed E-state index contributed by atoms with van der Waals surface area (Å²) in [5.74, 6) is 1.08. The van der Waals surface area contributed by atoms with E-state index in [4.69, 9.17) is 10.2 Å². The molecule has 3 rings (SSSR count). The number of oxazole rings is 1. The monoisotopic (exact) mass is 308 g/mol. The van der Waals surface area contributed by atoms with Gasteiger partial charge in [0, 0.05) is 6.04 Å². The smallest absolute Gasteiger partial charge is 0.200 e. The Kier molecular flexibility index (Phi) is 3.39. The number of hydrogen-bond donors (Lipinski definition) is 1. The minimum atomic E-state index is 0.180. The Labute approximate surface area is 115 Å². The van der Waals surface area contributed by atoms with E-state index in [0.29, 0.717) is 0 Å². The number of rotatable bonds is 1. The van der Waals surface area contributed by atoms with Gasteiger partial charge in [0.2, 0.25) is 0 Å². The highest BCUT2D eigenvalue weighted by atomic mass is 79.9. The largest absolute Gasteiger partial charge is 0.439 e. The molecule has 0 radical (unpaired) electrons. The molecule has 1 fully saturated rings. The molecular weight excluding hydrogens is 292 g/mol. The van der Waals surface area contributed by atoms with E-state index < -0.39 is 0 Å². The van der Waals surface area contributed by atoms with E-state index in [0.717, 1.165) is 34.3 Å². The van der Waals surface area contributed by atoms with Crippen LogP contribution < -0.4 is 5.73 Å². The van der Waals surface area contributed by atoms with Crippen molar-refractivity contribution in [2.45, 2.75) is 44.1 Å². The predicted octanol–water partition coefficient (Wildman–Crippen LogP) is 3.97. The van der Waals surface area contributed by atoms with Gasteiger partial charge in [-0.3, -0.25) is 0 Å². The molecule has 3 nitrogen and oxygen atoms in total. The van der Waals surface area contributed by atoms with E-state index in [1.165, 1.54) is 19.3 Å². The molecule has 1 saturated carbocycles. The van der Waals surface area contributed by atoms with Crippen LogP contribution in [-0.2, 0) is 0 Å². The number of fused-ring (bicyclic) bond motifs is 1. The van der Waals surface area contributed by atoms with E-state index in [-0.39, 0.29) is 12.0 Å². The van der Waals surface area contributed by atoms with Crippen LogP contribution in [-0.4, -0.2) is 11.0 Å². The standard InChI is InChI=1S/C14H17BrN2O/c15-10-6-4-8-12-13(10)18-14(17-12)9-5-2-1-3-7-11(9)16/h4,6,8-9,11H,1-3,5,7,16H2. The second-order valence-electron chi connectivity index (χ2n) is 5.05. The van der Waals surface area contributed by atoms with E-state index in [1.807, 2.05) is 18.2 Å². The molecule has 2 aromatic rings. The molecule has 2 N–H and O–H groups in total. The van der Waals surface area contributed by atoms with E-state index in [2.05, 4.69) is 20.9 Å². The Bertz CT molecular complexity index is 552. The average molecular weight is 309 g/mol. The fourth-order valence-electron chi connectivity index (χ4n) is 2.73. The third-order valence-corrected chi connectivity index (χ3v) is 4.39. The molecule has 2 atom stereocenters. The molecule has 0 amide bonds. The molecule has 18 heavy (non-hydrogen) atoms. The fourth-order valence-corrected chi connectivity index (χ4v) is 3.17. The summed E-state index contributed by atoms with van der Waals surface area (Å²) in [5.41, 5.74) is 8.01. The van der Waals surface area contributed by atoms with Crippen molar-refractivity contribution in [3.8, 4) is 0 Å². The predicted molar refractivity (Wildman–Crippen MR) is 75.5 cm³/mol. The van der Waals surface area contributed by atoms with Gasteiger partial charge in [-0.25, -0.2) is 4.98 Å². The first kappa shape index (κ1) is 12.2. The first-order chi connectivity index (χ1) is 8.75. The molecule has 1 aromatic carbocycles. The lowest BCUT2D eigenvalue weighted by atomic mass is 9.95. The van der Waals surface area contributed by atoms with Crippen LogP contribution in [0.5, 0.6) is 0 Å². The molecule has 1 aliphatic carbocycles. The van der Waals surface area contributed by atoms with Crippen LogP contribution in [0.2, 0.25) is 0 Å². The van der Waals surface area contributed by atoms with Gasteiger partial charge < -0.3 is 10.2 Å². The van der Waals surface area contributed by atoms with Crippen LogP contribution in [0.4, 0.5) is 0 Å². The lowest BCUT2D eigenvalue weighted by Crippen LogP contribution is -2.27. The lowest BCUT2D eigenvalue weighted by molar-refractivity contribution is 0.402. The number of aromatic nitrogens is 1. The number of nitrogens with zero attached hydrogens (tertiary/aromatic N) is 1. The van der Waals surface area contributed by atoms with Gasteiger partial charge >= 0.3 is 0 Å². The van der Waals surface area contributed by atoms with Gasteiger partial charge in [0.05, 0.1) is 10.4 Å². The second kappa shape index (κ2) is 5.02. The second-order valence-corrected chi connectivity index (χ2v) is 5.90. The number of para-hydroxylation sites is 1. The summed E-state index contributed by atoms with van der Waals surface area (Å²) in [4.78, 5) is 4.61. The van der Waals surface area contributed by atoms with Crippen molar-refractivity contribution in [3.05, 3.63) is 28.6 Å². The fraction of sp³-hybridized carbons (Fsp3) is 0.500. The third kappa shape index (κ3) is 2.19. The molecule has 0 bridgehead atoms. The lowest BCUT2D eigenvalue weighted by Gasteiger charge is -2.17. The van der Waals surface area contributed by atoms with Crippen molar-refractivity contribution in [1.82, 2.24) is 4.98 Å². The Morgan fingerprint density at radius 2 is 2.06 bits per heavy atom. The highest BCUT2D eigenvalue weighted by Gasteiger charge is 2.26. The van der Waals surface area contributed by atoms with E-state index in [9.17, 15) is 0 Å². The van der Waals surface area contributed by atoms with Gasteiger partial charge in [-0.1, -0.05) is 25.3 Å². The first-order valence-corrected chi connectivity index (χ1v) is 7.35. The molecule has 1 aliphatic rings. The maximum Gasteiger partial charge on any atom is 0.200 e. The summed E-state index contributed by atoms with van der Waals surface area (Å²) >= 11 is 3.50. The van der Waals surface area contributed by atoms with Crippen LogP contribution in [0.1, 0.15) is 43.9 Å². The van der Waals surface area contributed by atoms with Crippen LogP contribution in [0.25, 0.3) is 11.1 Å². The molecule has 0 spiro atoms. The van der Waals surface area contributed by atoms with Crippen LogP contribution >= 0.6 is 15.9 Å². The van der Waals surface area contributed by atoms with Crippen molar-refractivity contribution in [2.24, 2.45) is 5.73 Å². The quantitative estimate of drug-likeness (QED) is 0.811. The topological polar surface area (TPSA) is 52.0 Å². The van der Waals surface area contributed by atoms with E-state index in [1.54, 1.807) is 0 Å². The van der Waals surface area contributed by atoms with Crippen molar-refractivity contribution in [1.29, 1.82) is 0 Å². The Hall–Kier alpha value is -0.870. The van der Waals surface area contributed by atoms with Gasteiger partial charge in [0.25, 0.3) is 0 Å². The highest BCUT2D eigenvalue weighted by Crippen LogP contribution is 2.34. The Morgan fingerprint density at radius 1 is 1.22 bits per heavy atom. The molecule has 96 valence electrons. The van der Waals surface area contributed by atoms with Crippen molar-refractivity contribution < 1.29 is 4.42 Å². The Balaban J connectivity index is 2.00. The summed E-state index contributed by atoms with van der Waals surface area (Å²) in [7, 11) is 0. The first-order valence-electron chi connectivity index (χ1n) is 6.56. The van der Waals surface area contributed by atoms with Crippen LogP contribution in [0, 0.1) is 0 Å². The van der Waals surface area contributed by atoms with Crippen molar-refractivity contribution in [3.63, 3.8) is 0 Å². The molecule has 0 saturated heterocycles. The number of nitrogens with two attached hydrogens (primary N) is 1. The number of benzene rings is 1. The molecule has 4 heteroatoms. The van der Waals surface area contributed by atoms with Gasteiger partial charge in [0.15, 0.2) is 11.5 Å². The van der Waals surface area contributed by atoms with Crippen molar-refractivity contribution in [2.75, 3.05) is 0 Å². The summed E-state index contributed by atoms with van der Waals surface area (Å²) < 4.78 is 6.89. The molecule has 2 unspecified atom stereocenters. The average Bonchev–Trinajstić information content (AvgIpc) is 2.67. The molecule has 1 heterocycles. The summed E-state index contributed by atoms with van der Waals surface area (Å²) in [6.45, 7) is 0. The summed E-state index contributed by atoms with van der Waals surface area (Å²) in [6.07, 6.45) is 5.88. The normalized spacial score (nSPS) is 25.2. The minimum absolute atomic E-state index is 0.180. The van der Waals surface area contributed by atoms with Crippen LogP contribution in [0.3, 0.4) is 0 Å². The Morgan fingerprint density at radius 3 is 2.89 bits per heavy atom. The van der Waals surface area contributed by atoms with Gasteiger partial charge in [0.1, 0.15) is 5.52 Å². The SMILES string of the molecule is NC1CCCCCC1c1nc2cccc(Br)c2o1. The van der Waals surface area contributed by atoms with Gasteiger partial charge in [-0.05, 0) is 40.9 Å². The zero-order valence-electron chi connectivity index (χ0n) is 10.2. The summed E-state index contributed by atoms with van der Waals surface area (Å²) in [6, 6.07) is 6.12. The maximum atomic E-state index is 6.26. The minimum Gasteiger partial charge on any atom is -0.439 e. The van der Waals surface area contributed by atoms with Gasteiger partial charge in [-0.2, -0.15) is 0 Å². The summed E-state index contributed by atoms with van der Waals surface area (Å²) in [5, 5.41) is 0. The third-order valence-electron chi connectivity index (χ3n) is 3.77. The highest BCUT2D eigenvalue weighted by molar-refractivity contribution is 9.10. The maximum absolute atomic E-state index is 6.26. The van der Waals surface area contributed by atoms with Crippen LogP contribution in [0.15, 0.2) is 27.1 Å². The molecule has 1 aromatic heterocycles. The molecule has 0 aliphatic heterocycles. The zero-order chi connectivity index (χ0) is 12.5. The zero-order valence-corrected chi connectivity index (χ0v) is 11.8. The molecular formula is C14H17BrN2O.